The van der Waals surface area contributed by atoms with Gasteiger partial charge in [0.25, 0.3) is 0 Å². The quantitative estimate of drug-likeness (QED) is 0.774. The van der Waals surface area contributed by atoms with Gasteiger partial charge in [-0.2, -0.15) is 4.98 Å². The van der Waals surface area contributed by atoms with Gasteiger partial charge in [0.15, 0.2) is 9.84 Å². The third kappa shape index (κ3) is 4.33. The molecule has 0 N–H and O–H groups in total. The van der Waals surface area contributed by atoms with E-state index < -0.39 is 9.84 Å². The Balaban J connectivity index is 1.84. The molecule has 3 rings (SSSR count). The van der Waals surface area contributed by atoms with Gasteiger partial charge >= 0.3 is 0 Å². The molecule has 1 atom stereocenters. The van der Waals surface area contributed by atoms with Crippen LogP contribution in [0.4, 0.5) is 11.8 Å². The highest BCUT2D eigenvalue weighted by Gasteiger charge is 2.33. The molecule has 1 aromatic carbocycles. The first kappa shape index (κ1) is 18.6. The molecule has 7 heteroatoms. The SMILES string of the molecule is CCN(c1nc(C)cc(N(C)Cc2ccccc2)n1)C1CCS(=O)(=O)C1. The van der Waals surface area contributed by atoms with Gasteiger partial charge in [0.1, 0.15) is 5.82 Å². The van der Waals surface area contributed by atoms with Crippen molar-refractivity contribution in [2.24, 2.45) is 0 Å². The predicted octanol–water partition coefficient (Wildman–Crippen LogP) is 2.43. The van der Waals surface area contributed by atoms with Crippen LogP contribution in [0.3, 0.4) is 0 Å². The number of aryl methyl sites for hydroxylation is 1. The Morgan fingerprint density at radius 1 is 1.19 bits per heavy atom. The van der Waals surface area contributed by atoms with Gasteiger partial charge in [-0.05, 0) is 25.8 Å². The number of aromatic nitrogens is 2. The van der Waals surface area contributed by atoms with Crippen molar-refractivity contribution in [2.75, 3.05) is 34.9 Å². The Morgan fingerprint density at radius 2 is 1.92 bits per heavy atom. The third-order valence-corrected chi connectivity index (χ3v) is 6.48. The van der Waals surface area contributed by atoms with Crippen LogP contribution in [-0.2, 0) is 16.4 Å². The lowest BCUT2D eigenvalue weighted by Gasteiger charge is -2.28. The second kappa shape index (κ2) is 7.61. The Morgan fingerprint density at radius 3 is 2.54 bits per heavy atom. The van der Waals surface area contributed by atoms with E-state index in [4.69, 9.17) is 4.98 Å². The lowest BCUT2D eigenvalue weighted by atomic mass is 10.2. The van der Waals surface area contributed by atoms with Gasteiger partial charge in [-0.15, -0.1) is 0 Å². The minimum atomic E-state index is -2.94. The zero-order valence-electron chi connectivity index (χ0n) is 15.6. The summed E-state index contributed by atoms with van der Waals surface area (Å²) in [5, 5.41) is 0. The lowest BCUT2D eigenvalue weighted by Crippen LogP contribution is -2.37. The molecule has 0 saturated carbocycles. The van der Waals surface area contributed by atoms with Crippen LogP contribution in [0, 0.1) is 6.92 Å². The first-order valence-electron chi connectivity index (χ1n) is 8.96. The number of hydrogen-bond donors (Lipinski definition) is 0. The summed E-state index contributed by atoms with van der Waals surface area (Å²) in [6.07, 6.45) is 0.642. The van der Waals surface area contributed by atoms with Crippen LogP contribution in [0.2, 0.25) is 0 Å². The van der Waals surface area contributed by atoms with Crippen molar-refractivity contribution >= 4 is 21.6 Å². The average molecular weight is 375 g/mol. The fourth-order valence-electron chi connectivity index (χ4n) is 3.38. The highest BCUT2D eigenvalue weighted by molar-refractivity contribution is 7.91. The summed E-state index contributed by atoms with van der Waals surface area (Å²) in [6, 6.07) is 12.2. The van der Waals surface area contributed by atoms with Crippen molar-refractivity contribution in [1.29, 1.82) is 0 Å². The Kier molecular flexibility index (Phi) is 5.46. The van der Waals surface area contributed by atoms with Crippen LogP contribution in [0.1, 0.15) is 24.6 Å². The summed E-state index contributed by atoms with van der Waals surface area (Å²) in [6.45, 7) is 5.40. The molecule has 2 heterocycles. The van der Waals surface area contributed by atoms with Crippen molar-refractivity contribution in [1.82, 2.24) is 9.97 Å². The van der Waals surface area contributed by atoms with Crippen LogP contribution >= 0.6 is 0 Å². The van der Waals surface area contributed by atoms with E-state index in [0.29, 0.717) is 18.9 Å². The molecule has 1 aromatic heterocycles. The summed E-state index contributed by atoms with van der Waals surface area (Å²) in [4.78, 5) is 13.4. The first-order valence-corrected chi connectivity index (χ1v) is 10.8. The van der Waals surface area contributed by atoms with Gasteiger partial charge < -0.3 is 9.80 Å². The maximum absolute atomic E-state index is 11.9. The molecule has 0 bridgehead atoms. The van der Waals surface area contributed by atoms with E-state index in [2.05, 4.69) is 22.0 Å². The van der Waals surface area contributed by atoms with Crippen molar-refractivity contribution in [3.63, 3.8) is 0 Å². The van der Waals surface area contributed by atoms with Gasteiger partial charge in [-0.25, -0.2) is 13.4 Å². The Bertz CT molecular complexity index is 855. The fraction of sp³-hybridized carbons (Fsp3) is 0.474. The molecule has 1 unspecified atom stereocenters. The molecule has 140 valence electrons. The van der Waals surface area contributed by atoms with Crippen molar-refractivity contribution in [2.45, 2.75) is 32.9 Å². The van der Waals surface area contributed by atoms with E-state index in [-0.39, 0.29) is 17.5 Å². The summed E-state index contributed by atoms with van der Waals surface area (Å²) >= 11 is 0. The van der Waals surface area contributed by atoms with Gasteiger partial charge in [0.05, 0.1) is 11.5 Å². The standard InChI is InChI=1S/C19H26N4O2S/c1-4-23(17-10-11-26(24,25)14-17)19-20-15(2)12-18(21-19)22(3)13-16-8-6-5-7-9-16/h5-9,12,17H,4,10-11,13-14H2,1-3H3. The minimum Gasteiger partial charge on any atom is -0.355 e. The molecule has 1 aliphatic rings. The second-order valence-electron chi connectivity index (χ2n) is 6.85. The van der Waals surface area contributed by atoms with Gasteiger partial charge in [0.2, 0.25) is 5.95 Å². The minimum absolute atomic E-state index is 0.0425. The smallest absolute Gasteiger partial charge is 0.227 e. The predicted molar refractivity (Wildman–Crippen MR) is 105 cm³/mol. The molecule has 1 saturated heterocycles. The van der Waals surface area contributed by atoms with Gasteiger partial charge in [0, 0.05) is 37.9 Å². The number of hydrogen-bond acceptors (Lipinski definition) is 6. The summed E-state index contributed by atoms with van der Waals surface area (Å²) in [5.74, 6) is 1.90. The summed E-state index contributed by atoms with van der Waals surface area (Å²) in [7, 11) is -0.935. The van der Waals surface area contributed by atoms with Crippen molar-refractivity contribution in [3.05, 3.63) is 47.7 Å². The maximum atomic E-state index is 11.9. The zero-order chi connectivity index (χ0) is 18.7. The molecule has 0 spiro atoms. The molecular formula is C19H26N4O2S. The molecular weight excluding hydrogens is 348 g/mol. The number of rotatable bonds is 6. The van der Waals surface area contributed by atoms with Gasteiger partial charge in [-0.3, -0.25) is 0 Å². The van der Waals surface area contributed by atoms with E-state index in [1.165, 1.54) is 5.56 Å². The molecule has 26 heavy (non-hydrogen) atoms. The average Bonchev–Trinajstić information content (AvgIpc) is 2.95. The molecule has 0 amide bonds. The van der Waals surface area contributed by atoms with E-state index in [1.54, 1.807) is 0 Å². The van der Waals surface area contributed by atoms with E-state index in [9.17, 15) is 8.42 Å². The summed E-state index contributed by atoms with van der Waals surface area (Å²) < 4.78 is 23.7. The van der Waals surface area contributed by atoms with Crippen molar-refractivity contribution in [3.8, 4) is 0 Å². The monoisotopic (exact) mass is 374 g/mol. The van der Waals surface area contributed by atoms with Crippen LogP contribution < -0.4 is 9.80 Å². The first-order chi connectivity index (χ1) is 12.4. The Labute approximate surface area is 155 Å². The topological polar surface area (TPSA) is 66.4 Å². The third-order valence-electron chi connectivity index (χ3n) is 4.73. The summed E-state index contributed by atoms with van der Waals surface area (Å²) in [5.41, 5.74) is 2.09. The van der Waals surface area contributed by atoms with Crippen LogP contribution in [0.5, 0.6) is 0 Å². The highest BCUT2D eigenvalue weighted by Crippen LogP contribution is 2.24. The fourth-order valence-corrected chi connectivity index (χ4v) is 5.11. The zero-order valence-corrected chi connectivity index (χ0v) is 16.4. The van der Waals surface area contributed by atoms with E-state index in [0.717, 1.165) is 18.1 Å². The van der Waals surface area contributed by atoms with Crippen LogP contribution in [-0.4, -0.2) is 49.5 Å². The number of benzene rings is 1. The number of anilines is 2. The van der Waals surface area contributed by atoms with Gasteiger partial charge in [-0.1, -0.05) is 30.3 Å². The van der Waals surface area contributed by atoms with E-state index >= 15 is 0 Å². The number of sulfone groups is 1. The normalized spacial score (nSPS) is 18.7. The molecule has 1 fully saturated rings. The Hall–Kier alpha value is -2.15. The molecule has 1 aliphatic heterocycles. The second-order valence-corrected chi connectivity index (χ2v) is 9.08. The number of nitrogens with zero attached hydrogens (tertiary/aromatic N) is 4. The largest absolute Gasteiger partial charge is 0.355 e. The molecule has 0 aliphatic carbocycles. The molecule has 2 aromatic rings. The van der Waals surface area contributed by atoms with Crippen LogP contribution in [0.25, 0.3) is 0 Å². The molecule has 6 nitrogen and oxygen atoms in total. The highest BCUT2D eigenvalue weighted by atomic mass is 32.2. The van der Waals surface area contributed by atoms with Crippen LogP contribution in [0.15, 0.2) is 36.4 Å². The maximum Gasteiger partial charge on any atom is 0.227 e. The lowest BCUT2D eigenvalue weighted by molar-refractivity contribution is 0.599. The van der Waals surface area contributed by atoms with E-state index in [1.807, 2.05) is 50.1 Å². The molecule has 0 radical (unpaired) electrons. The van der Waals surface area contributed by atoms with Crippen molar-refractivity contribution < 1.29 is 8.42 Å².